The summed E-state index contributed by atoms with van der Waals surface area (Å²) in [6.07, 6.45) is 4.56. The zero-order valence-electron chi connectivity index (χ0n) is 18.9. The van der Waals surface area contributed by atoms with E-state index in [1.54, 1.807) is 13.2 Å². The van der Waals surface area contributed by atoms with Gasteiger partial charge in [-0.1, -0.05) is 18.2 Å². The predicted molar refractivity (Wildman–Crippen MR) is 140 cm³/mol. The lowest BCUT2D eigenvalue weighted by Gasteiger charge is -2.14. The predicted octanol–water partition coefficient (Wildman–Crippen LogP) is 4.20. The SMILES string of the molecule is CCOc1ccc(CCNC(=NC)NCc2ccc(-n3cccn3)cc2)cc1OCC.I. The lowest BCUT2D eigenvalue weighted by atomic mass is 10.1. The lowest BCUT2D eigenvalue weighted by Crippen LogP contribution is -2.37. The maximum atomic E-state index is 5.71. The molecule has 0 saturated heterocycles. The van der Waals surface area contributed by atoms with Gasteiger partial charge in [0.1, 0.15) is 0 Å². The molecule has 0 bridgehead atoms. The number of benzene rings is 2. The van der Waals surface area contributed by atoms with Crippen LogP contribution in [0.15, 0.2) is 65.9 Å². The van der Waals surface area contributed by atoms with Crippen LogP contribution in [0.4, 0.5) is 0 Å². The van der Waals surface area contributed by atoms with Crippen LogP contribution >= 0.6 is 24.0 Å². The van der Waals surface area contributed by atoms with Crippen LogP contribution in [-0.4, -0.2) is 42.5 Å². The molecule has 172 valence electrons. The van der Waals surface area contributed by atoms with Crippen molar-refractivity contribution < 1.29 is 9.47 Å². The molecule has 0 saturated carbocycles. The molecule has 0 unspecified atom stereocenters. The highest BCUT2D eigenvalue weighted by atomic mass is 127. The first-order valence-electron chi connectivity index (χ1n) is 10.7. The van der Waals surface area contributed by atoms with Crippen molar-refractivity contribution in [3.63, 3.8) is 0 Å². The van der Waals surface area contributed by atoms with Gasteiger partial charge in [-0.2, -0.15) is 5.10 Å². The first kappa shape index (κ1) is 25.5. The molecular formula is C24H32IN5O2. The number of nitrogens with zero attached hydrogens (tertiary/aromatic N) is 3. The zero-order chi connectivity index (χ0) is 21.9. The molecular weight excluding hydrogens is 517 g/mol. The third-order valence-corrected chi connectivity index (χ3v) is 4.70. The molecule has 3 rings (SSSR count). The minimum absolute atomic E-state index is 0. The molecule has 1 heterocycles. The summed E-state index contributed by atoms with van der Waals surface area (Å²) in [7, 11) is 1.78. The number of nitrogens with one attached hydrogen (secondary N) is 2. The van der Waals surface area contributed by atoms with Gasteiger partial charge in [0.2, 0.25) is 0 Å². The van der Waals surface area contributed by atoms with Crippen molar-refractivity contribution in [1.82, 2.24) is 20.4 Å². The number of guanidine groups is 1. The van der Waals surface area contributed by atoms with Crippen molar-refractivity contribution >= 4 is 29.9 Å². The Kier molecular flexibility index (Phi) is 10.9. The average molecular weight is 549 g/mol. The van der Waals surface area contributed by atoms with Gasteiger partial charge in [-0.05, 0) is 61.7 Å². The quantitative estimate of drug-likeness (QED) is 0.226. The average Bonchev–Trinajstić information content (AvgIpc) is 3.33. The molecule has 0 aliphatic rings. The molecule has 32 heavy (non-hydrogen) atoms. The van der Waals surface area contributed by atoms with E-state index in [0.717, 1.165) is 36.1 Å². The van der Waals surface area contributed by atoms with E-state index in [-0.39, 0.29) is 24.0 Å². The Bertz CT molecular complexity index is 959. The fourth-order valence-electron chi connectivity index (χ4n) is 3.17. The summed E-state index contributed by atoms with van der Waals surface area (Å²) in [6, 6.07) is 16.3. The van der Waals surface area contributed by atoms with Crippen LogP contribution in [0.2, 0.25) is 0 Å². The van der Waals surface area contributed by atoms with E-state index < -0.39 is 0 Å². The monoisotopic (exact) mass is 549 g/mol. The number of hydrogen-bond donors (Lipinski definition) is 2. The fourth-order valence-corrected chi connectivity index (χ4v) is 3.17. The molecule has 7 nitrogen and oxygen atoms in total. The highest BCUT2D eigenvalue weighted by Gasteiger charge is 2.07. The zero-order valence-corrected chi connectivity index (χ0v) is 21.2. The molecule has 0 aliphatic carbocycles. The number of rotatable bonds is 10. The number of ether oxygens (including phenoxy) is 2. The number of aliphatic imine (C=N–C) groups is 1. The van der Waals surface area contributed by atoms with Crippen molar-refractivity contribution in [2.45, 2.75) is 26.8 Å². The topological polar surface area (TPSA) is 72.7 Å². The summed E-state index contributed by atoms with van der Waals surface area (Å²) in [5.41, 5.74) is 3.40. The summed E-state index contributed by atoms with van der Waals surface area (Å²) < 4.78 is 13.2. The first-order chi connectivity index (χ1) is 15.2. The van der Waals surface area contributed by atoms with Crippen LogP contribution in [0.3, 0.4) is 0 Å². The van der Waals surface area contributed by atoms with Crippen LogP contribution in [-0.2, 0) is 13.0 Å². The molecule has 2 aromatic carbocycles. The van der Waals surface area contributed by atoms with Gasteiger partial charge in [-0.15, -0.1) is 24.0 Å². The van der Waals surface area contributed by atoms with Gasteiger partial charge in [0.05, 0.1) is 18.9 Å². The normalized spacial score (nSPS) is 10.9. The van der Waals surface area contributed by atoms with Gasteiger partial charge in [0.25, 0.3) is 0 Å². The molecule has 0 amide bonds. The summed E-state index contributed by atoms with van der Waals surface area (Å²) >= 11 is 0. The van der Waals surface area contributed by atoms with Gasteiger partial charge in [-0.25, -0.2) is 4.68 Å². The van der Waals surface area contributed by atoms with Crippen LogP contribution in [0, 0.1) is 0 Å². The van der Waals surface area contributed by atoms with Gasteiger partial charge in [0, 0.05) is 32.5 Å². The van der Waals surface area contributed by atoms with E-state index in [4.69, 9.17) is 9.47 Å². The lowest BCUT2D eigenvalue weighted by molar-refractivity contribution is 0.287. The van der Waals surface area contributed by atoms with E-state index in [2.05, 4.69) is 51.1 Å². The molecule has 1 aromatic heterocycles. The summed E-state index contributed by atoms with van der Waals surface area (Å²) in [6.45, 7) is 6.63. The van der Waals surface area contributed by atoms with Crippen LogP contribution in [0.5, 0.6) is 11.5 Å². The van der Waals surface area contributed by atoms with Crippen molar-refractivity contribution in [1.29, 1.82) is 0 Å². The second-order valence-electron chi connectivity index (χ2n) is 6.87. The first-order valence-corrected chi connectivity index (χ1v) is 10.7. The molecule has 0 fully saturated rings. The minimum atomic E-state index is 0. The standard InChI is InChI=1S/C24H31N5O2.HI/c1-4-30-22-12-9-19(17-23(22)31-5-2)13-15-26-24(25-3)27-18-20-7-10-21(11-8-20)29-16-6-14-28-29;/h6-12,14,16-17H,4-5,13,15,18H2,1-3H3,(H2,25,26,27);1H. The maximum Gasteiger partial charge on any atom is 0.191 e. The van der Waals surface area contributed by atoms with E-state index in [1.165, 1.54) is 11.1 Å². The number of halogens is 1. The highest BCUT2D eigenvalue weighted by Crippen LogP contribution is 2.28. The Morgan fingerprint density at radius 1 is 0.969 bits per heavy atom. The van der Waals surface area contributed by atoms with Gasteiger partial charge in [0.15, 0.2) is 17.5 Å². The van der Waals surface area contributed by atoms with Crippen LogP contribution in [0.25, 0.3) is 5.69 Å². The molecule has 3 aromatic rings. The third-order valence-electron chi connectivity index (χ3n) is 4.70. The minimum Gasteiger partial charge on any atom is -0.490 e. The molecule has 0 radical (unpaired) electrons. The van der Waals surface area contributed by atoms with Crippen molar-refractivity contribution in [2.24, 2.45) is 4.99 Å². The fraction of sp³-hybridized carbons (Fsp3) is 0.333. The Balaban J connectivity index is 0.00000363. The maximum absolute atomic E-state index is 5.71. The van der Waals surface area contributed by atoms with Gasteiger partial charge < -0.3 is 20.1 Å². The molecule has 0 atom stereocenters. The van der Waals surface area contributed by atoms with Crippen molar-refractivity contribution in [2.75, 3.05) is 26.8 Å². The molecule has 0 spiro atoms. The third kappa shape index (κ3) is 7.44. The summed E-state index contributed by atoms with van der Waals surface area (Å²) in [4.78, 5) is 4.31. The highest BCUT2D eigenvalue weighted by molar-refractivity contribution is 14.0. The van der Waals surface area contributed by atoms with E-state index in [9.17, 15) is 0 Å². The van der Waals surface area contributed by atoms with Gasteiger partial charge in [-0.3, -0.25) is 4.99 Å². The van der Waals surface area contributed by atoms with E-state index in [1.807, 2.05) is 42.9 Å². The Hall–Kier alpha value is -2.75. The Morgan fingerprint density at radius 2 is 1.69 bits per heavy atom. The van der Waals surface area contributed by atoms with Crippen LogP contribution in [0.1, 0.15) is 25.0 Å². The molecule has 0 aliphatic heterocycles. The summed E-state index contributed by atoms with van der Waals surface area (Å²) in [5, 5.41) is 11.0. The summed E-state index contributed by atoms with van der Waals surface area (Å²) in [5.74, 6) is 2.35. The second kappa shape index (κ2) is 13.6. The van der Waals surface area contributed by atoms with E-state index >= 15 is 0 Å². The smallest absolute Gasteiger partial charge is 0.191 e. The largest absolute Gasteiger partial charge is 0.490 e. The second-order valence-corrected chi connectivity index (χ2v) is 6.87. The number of aromatic nitrogens is 2. The molecule has 8 heteroatoms. The van der Waals surface area contributed by atoms with Gasteiger partial charge >= 0.3 is 0 Å². The number of hydrogen-bond acceptors (Lipinski definition) is 4. The molecule has 2 N–H and O–H groups in total. The van der Waals surface area contributed by atoms with Crippen molar-refractivity contribution in [3.05, 3.63) is 72.1 Å². The van der Waals surface area contributed by atoms with E-state index in [0.29, 0.717) is 19.8 Å². The Morgan fingerprint density at radius 3 is 2.34 bits per heavy atom. The Labute approximate surface area is 207 Å². The van der Waals surface area contributed by atoms with Crippen LogP contribution < -0.4 is 20.1 Å². The van der Waals surface area contributed by atoms with Crippen molar-refractivity contribution in [3.8, 4) is 17.2 Å².